The highest BCUT2D eigenvalue weighted by Crippen LogP contribution is 2.24. The molecule has 0 saturated carbocycles. The van der Waals surface area contributed by atoms with E-state index in [0.29, 0.717) is 12.5 Å². The molecular formula is C19H26N2O3. The summed E-state index contributed by atoms with van der Waals surface area (Å²) < 4.78 is 11.6. The van der Waals surface area contributed by atoms with Gasteiger partial charge in [0, 0.05) is 38.6 Å². The third kappa shape index (κ3) is 4.36. The molecule has 1 aromatic carbocycles. The average molecular weight is 330 g/mol. The van der Waals surface area contributed by atoms with E-state index < -0.39 is 0 Å². The second-order valence-electron chi connectivity index (χ2n) is 6.45. The molecule has 0 N–H and O–H groups in total. The molecule has 0 aromatic heterocycles. The van der Waals surface area contributed by atoms with Crippen LogP contribution in [0.25, 0.3) is 0 Å². The van der Waals surface area contributed by atoms with Crippen molar-refractivity contribution in [3.05, 3.63) is 43.0 Å². The van der Waals surface area contributed by atoms with Gasteiger partial charge in [-0.25, -0.2) is 0 Å². The second-order valence-corrected chi connectivity index (χ2v) is 6.45. The maximum Gasteiger partial charge on any atom is 0.260 e. The van der Waals surface area contributed by atoms with E-state index in [1.807, 2.05) is 41.3 Å². The smallest absolute Gasteiger partial charge is 0.260 e. The highest BCUT2D eigenvalue weighted by atomic mass is 16.5. The van der Waals surface area contributed by atoms with E-state index in [0.717, 1.165) is 45.0 Å². The minimum Gasteiger partial charge on any atom is -0.484 e. The largest absolute Gasteiger partial charge is 0.484 e. The van der Waals surface area contributed by atoms with E-state index in [2.05, 4.69) is 11.5 Å². The molecule has 0 bridgehead atoms. The number of likely N-dealkylation sites (tertiary alicyclic amines) is 1. The van der Waals surface area contributed by atoms with Gasteiger partial charge in [0.1, 0.15) is 5.75 Å². The number of hydrogen-bond donors (Lipinski definition) is 0. The number of rotatable bonds is 5. The summed E-state index contributed by atoms with van der Waals surface area (Å²) in [4.78, 5) is 16.7. The van der Waals surface area contributed by atoms with Crippen molar-refractivity contribution in [2.75, 3.05) is 45.9 Å². The Kier molecular flexibility index (Phi) is 5.88. The van der Waals surface area contributed by atoms with Crippen molar-refractivity contribution in [1.29, 1.82) is 0 Å². The number of amides is 1. The minimum absolute atomic E-state index is 0.0353. The van der Waals surface area contributed by atoms with Crippen LogP contribution < -0.4 is 4.74 Å². The molecule has 2 heterocycles. The molecular weight excluding hydrogens is 304 g/mol. The monoisotopic (exact) mass is 330 g/mol. The molecule has 1 aromatic rings. The molecule has 2 aliphatic heterocycles. The van der Waals surface area contributed by atoms with Gasteiger partial charge in [-0.2, -0.15) is 0 Å². The van der Waals surface area contributed by atoms with Gasteiger partial charge >= 0.3 is 0 Å². The van der Waals surface area contributed by atoms with Gasteiger partial charge in [0.25, 0.3) is 5.91 Å². The normalized spacial score (nSPS) is 24.8. The first kappa shape index (κ1) is 17.0. The van der Waals surface area contributed by atoms with Crippen LogP contribution in [0.4, 0.5) is 0 Å². The van der Waals surface area contributed by atoms with Gasteiger partial charge in [-0.3, -0.25) is 9.69 Å². The van der Waals surface area contributed by atoms with Crippen molar-refractivity contribution in [3.8, 4) is 5.75 Å². The Hall–Kier alpha value is -1.85. The van der Waals surface area contributed by atoms with Gasteiger partial charge in [0.05, 0.1) is 12.7 Å². The number of para-hydroxylation sites is 1. The van der Waals surface area contributed by atoms with E-state index in [-0.39, 0.29) is 18.6 Å². The fourth-order valence-corrected chi connectivity index (χ4v) is 3.45. The molecule has 0 unspecified atom stereocenters. The number of nitrogens with zero attached hydrogens (tertiary/aromatic N) is 2. The third-order valence-corrected chi connectivity index (χ3v) is 4.77. The highest BCUT2D eigenvalue weighted by molar-refractivity contribution is 5.77. The number of ether oxygens (including phenoxy) is 2. The van der Waals surface area contributed by atoms with Crippen LogP contribution >= 0.6 is 0 Å². The zero-order valence-corrected chi connectivity index (χ0v) is 14.1. The number of hydrogen-bond acceptors (Lipinski definition) is 4. The first-order valence-electron chi connectivity index (χ1n) is 8.66. The van der Waals surface area contributed by atoms with Crippen molar-refractivity contribution < 1.29 is 14.3 Å². The maximum absolute atomic E-state index is 12.4. The van der Waals surface area contributed by atoms with E-state index in [4.69, 9.17) is 9.47 Å². The molecule has 2 saturated heterocycles. The van der Waals surface area contributed by atoms with Crippen LogP contribution in [0.5, 0.6) is 5.75 Å². The molecule has 2 aliphatic rings. The maximum atomic E-state index is 12.4. The molecule has 2 fully saturated rings. The summed E-state index contributed by atoms with van der Waals surface area (Å²) in [6, 6.07) is 9.46. The first-order valence-corrected chi connectivity index (χ1v) is 8.66. The van der Waals surface area contributed by atoms with Crippen LogP contribution in [0.15, 0.2) is 43.0 Å². The lowest BCUT2D eigenvalue weighted by atomic mass is 9.93. The van der Waals surface area contributed by atoms with Gasteiger partial charge in [-0.1, -0.05) is 24.3 Å². The van der Waals surface area contributed by atoms with Gasteiger partial charge in [-0.05, 0) is 18.6 Å². The Bertz CT molecular complexity index is 549. The molecule has 5 nitrogen and oxygen atoms in total. The summed E-state index contributed by atoms with van der Waals surface area (Å²) in [6.07, 6.45) is 3.06. The average Bonchev–Trinajstić information content (AvgIpc) is 2.82. The molecule has 130 valence electrons. The van der Waals surface area contributed by atoms with Gasteiger partial charge in [-0.15, -0.1) is 6.58 Å². The van der Waals surface area contributed by atoms with Crippen LogP contribution in [0, 0.1) is 5.92 Å². The second kappa shape index (κ2) is 8.31. The van der Waals surface area contributed by atoms with Crippen molar-refractivity contribution in [3.63, 3.8) is 0 Å². The van der Waals surface area contributed by atoms with Crippen LogP contribution in [0.2, 0.25) is 0 Å². The third-order valence-electron chi connectivity index (χ3n) is 4.77. The Labute approximate surface area is 143 Å². The van der Waals surface area contributed by atoms with Crippen molar-refractivity contribution >= 4 is 5.91 Å². The van der Waals surface area contributed by atoms with Crippen LogP contribution in [0.3, 0.4) is 0 Å². The van der Waals surface area contributed by atoms with E-state index in [1.165, 1.54) is 0 Å². The lowest BCUT2D eigenvalue weighted by Gasteiger charge is -2.37. The number of fused-ring (bicyclic) bond motifs is 1. The predicted octanol–water partition coefficient (Wildman–Crippen LogP) is 1.80. The molecule has 5 heteroatoms. The molecule has 0 radical (unpaired) electrons. The fraction of sp³-hybridized carbons (Fsp3) is 0.526. The highest BCUT2D eigenvalue weighted by Gasteiger charge is 2.34. The molecule has 2 atom stereocenters. The van der Waals surface area contributed by atoms with Crippen molar-refractivity contribution in [2.45, 2.75) is 12.5 Å². The van der Waals surface area contributed by atoms with Crippen molar-refractivity contribution in [1.82, 2.24) is 9.80 Å². The molecule has 1 amide bonds. The Morgan fingerprint density at radius 1 is 1.29 bits per heavy atom. The zero-order valence-electron chi connectivity index (χ0n) is 14.1. The Balaban J connectivity index is 1.51. The molecule has 3 rings (SSSR count). The summed E-state index contributed by atoms with van der Waals surface area (Å²) >= 11 is 0. The minimum atomic E-state index is 0.0353. The first-order chi connectivity index (χ1) is 11.8. The number of piperidine rings is 1. The fourth-order valence-electron chi connectivity index (χ4n) is 3.45. The van der Waals surface area contributed by atoms with Crippen molar-refractivity contribution in [2.24, 2.45) is 5.92 Å². The number of carbonyl (C=O) groups excluding carboxylic acids is 1. The van der Waals surface area contributed by atoms with E-state index in [9.17, 15) is 4.79 Å². The number of benzene rings is 1. The lowest BCUT2D eigenvalue weighted by Crippen LogP contribution is -2.50. The van der Waals surface area contributed by atoms with Crippen LogP contribution in [-0.2, 0) is 9.53 Å². The topological polar surface area (TPSA) is 42.0 Å². The van der Waals surface area contributed by atoms with Crippen LogP contribution in [0.1, 0.15) is 6.42 Å². The van der Waals surface area contributed by atoms with E-state index in [1.54, 1.807) is 0 Å². The van der Waals surface area contributed by atoms with Gasteiger partial charge in [0.2, 0.25) is 0 Å². The molecule has 0 aliphatic carbocycles. The van der Waals surface area contributed by atoms with Gasteiger partial charge in [0.15, 0.2) is 6.61 Å². The summed E-state index contributed by atoms with van der Waals surface area (Å²) in [5, 5.41) is 0. The summed E-state index contributed by atoms with van der Waals surface area (Å²) in [6.45, 7) is 8.94. The zero-order chi connectivity index (χ0) is 16.8. The Morgan fingerprint density at radius 3 is 2.92 bits per heavy atom. The lowest BCUT2D eigenvalue weighted by molar-refractivity contribution is -0.139. The summed E-state index contributed by atoms with van der Waals surface area (Å²) in [5.74, 6) is 1.26. The predicted molar refractivity (Wildman–Crippen MR) is 93.0 cm³/mol. The Morgan fingerprint density at radius 2 is 2.12 bits per heavy atom. The SMILES string of the molecule is C=CCN1CCO[C@@H]2CN(C(=O)COc3ccccc3)CC[C@@H]2C1. The molecule has 24 heavy (non-hydrogen) atoms. The van der Waals surface area contributed by atoms with Crippen LogP contribution in [-0.4, -0.2) is 67.7 Å². The van der Waals surface area contributed by atoms with E-state index >= 15 is 0 Å². The number of carbonyl (C=O) groups is 1. The standard InChI is InChI=1S/C19H26N2O3/c1-2-9-20-11-12-23-18-14-21(10-8-16(18)13-20)19(22)15-24-17-6-4-3-5-7-17/h2-7,16,18H,1,8-15H2/t16-,18-/m1/s1. The summed E-state index contributed by atoms with van der Waals surface area (Å²) in [7, 11) is 0. The summed E-state index contributed by atoms with van der Waals surface area (Å²) in [5.41, 5.74) is 0. The molecule has 0 spiro atoms. The van der Waals surface area contributed by atoms with Gasteiger partial charge < -0.3 is 14.4 Å². The quantitative estimate of drug-likeness (QED) is 0.772.